The van der Waals surface area contributed by atoms with Crippen molar-refractivity contribution in [2.45, 2.75) is 6.92 Å². The first-order valence-corrected chi connectivity index (χ1v) is 5.06. The Morgan fingerprint density at radius 1 is 1.56 bits per heavy atom. The maximum absolute atomic E-state index is 12.8. The molecule has 18 heavy (non-hydrogen) atoms. The third-order valence-corrected chi connectivity index (χ3v) is 2.03. The van der Waals surface area contributed by atoms with Crippen LogP contribution >= 0.6 is 0 Å². The van der Waals surface area contributed by atoms with Crippen LogP contribution in [0.3, 0.4) is 0 Å². The molecule has 0 bridgehead atoms. The molecule has 1 aromatic heterocycles. The maximum Gasteiger partial charge on any atom is 0.296 e. The minimum Gasteiger partial charge on any atom is -0.468 e. The molecule has 1 aromatic carbocycles. The minimum atomic E-state index is -0.609. The lowest BCUT2D eigenvalue weighted by molar-refractivity contribution is -0.383. The summed E-state index contributed by atoms with van der Waals surface area (Å²) in [6.07, 6.45) is 1.54. The summed E-state index contributed by atoms with van der Waals surface area (Å²) in [4.78, 5) is 21.7. The molecule has 0 saturated heterocycles. The maximum atomic E-state index is 12.8. The van der Waals surface area contributed by atoms with Gasteiger partial charge in [0.2, 0.25) is 0 Å². The number of nitro groups is 1. The van der Waals surface area contributed by atoms with Crippen molar-refractivity contribution in [2.75, 3.05) is 6.61 Å². The Balaban J connectivity index is 0.000000280. The van der Waals surface area contributed by atoms with E-state index in [1.54, 1.807) is 13.0 Å². The van der Waals surface area contributed by atoms with Gasteiger partial charge >= 0.3 is 0 Å². The molecule has 0 fully saturated rings. The van der Waals surface area contributed by atoms with Gasteiger partial charge < -0.3 is 9.72 Å². The molecular formula is C11H11FN2O4. The number of nitrogens with zero attached hydrogens (tertiary/aromatic N) is 1. The van der Waals surface area contributed by atoms with Crippen LogP contribution < -0.4 is 0 Å². The molecule has 6 nitrogen and oxygen atoms in total. The molecule has 0 unspecified atom stereocenters. The highest BCUT2D eigenvalue weighted by molar-refractivity contribution is 5.87. The zero-order valence-corrected chi connectivity index (χ0v) is 9.55. The van der Waals surface area contributed by atoms with Crippen molar-refractivity contribution in [1.29, 1.82) is 0 Å². The molecule has 0 aliphatic heterocycles. The normalized spacial score (nSPS) is 9.44. The molecule has 0 aliphatic carbocycles. The van der Waals surface area contributed by atoms with E-state index < -0.39 is 10.7 Å². The predicted molar refractivity (Wildman–Crippen MR) is 62.6 cm³/mol. The summed E-state index contributed by atoms with van der Waals surface area (Å²) < 4.78 is 17.0. The zero-order valence-electron chi connectivity index (χ0n) is 9.55. The zero-order chi connectivity index (χ0) is 13.5. The first-order valence-electron chi connectivity index (χ1n) is 5.06. The van der Waals surface area contributed by atoms with Crippen molar-refractivity contribution >= 4 is 23.1 Å². The van der Waals surface area contributed by atoms with Crippen molar-refractivity contribution in [3.8, 4) is 0 Å². The van der Waals surface area contributed by atoms with Crippen LogP contribution in [0.4, 0.5) is 10.1 Å². The topological polar surface area (TPSA) is 85.2 Å². The molecule has 0 atom stereocenters. The molecule has 0 saturated carbocycles. The number of nitrogens with one attached hydrogen (secondary N) is 1. The molecule has 7 heteroatoms. The molecule has 96 valence electrons. The van der Waals surface area contributed by atoms with Crippen LogP contribution in [0.5, 0.6) is 0 Å². The molecular weight excluding hydrogens is 243 g/mol. The third-order valence-electron chi connectivity index (χ3n) is 2.03. The number of aromatic amines is 1. The van der Waals surface area contributed by atoms with Gasteiger partial charge in [-0.05, 0) is 19.1 Å². The Morgan fingerprint density at radius 3 is 2.78 bits per heavy atom. The lowest BCUT2D eigenvalue weighted by Gasteiger charge is -1.94. The van der Waals surface area contributed by atoms with E-state index >= 15 is 0 Å². The first-order chi connectivity index (χ1) is 8.60. The van der Waals surface area contributed by atoms with Gasteiger partial charge in [0, 0.05) is 11.6 Å². The number of fused-ring (bicyclic) bond motifs is 1. The number of H-pyrrole nitrogens is 1. The van der Waals surface area contributed by atoms with E-state index in [4.69, 9.17) is 0 Å². The largest absolute Gasteiger partial charge is 0.468 e. The number of carbonyl (C=O) groups excluding carboxylic acids is 1. The highest BCUT2D eigenvalue weighted by Crippen LogP contribution is 2.25. The number of hydrogen-bond acceptors (Lipinski definition) is 4. The fourth-order valence-corrected chi connectivity index (χ4v) is 1.33. The van der Waals surface area contributed by atoms with Gasteiger partial charge in [-0.25, -0.2) is 4.39 Å². The fourth-order valence-electron chi connectivity index (χ4n) is 1.33. The van der Waals surface area contributed by atoms with Gasteiger partial charge in [-0.1, -0.05) is 0 Å². The van der Waals surface area contributed by atoms with Crippen molar-refractivity contribution < 1.29 is 18.8 Å². The van der Waals surface area contributed by atoms with Crippen LogP contribution in [0.1, 0.15) is 6.92 Å². The van der Waals surface area contributed by atoms with E-state index in [-0.39, 0.29) is 5.69 Å². The van der Waals surface area contributed by atoms with Gasteiger partial charge in [0.05, 0.1) is 17.6 Å². The van der Waals surface area contributed by atoms with Crippen molar-refractivity contribution in [2.24, 2.45) is 0 Å². The molecule has 0 amide bonds. The average Bonchev–Trinajstić information content (AvgIpc) is 2.77. The number of halogens is 1. The Kier molecular flexibility index (Phi) is 4.79. The van der Waals surface area contributed by atoms with Gasteiger partial charge in [-0.15, -0.1) is 0 Å². The van der Waals surface area contributed by atoms with E-state index in [0.29, 0.717) is 24.0 Å². The van der Waals surface area contributed by atoms with Gasteiger partial charge in [0.15, 0.2) is 0 Å². The summed E-state index contributed by atoms with van der Waals surface area (Å²) in [5, 5.41) is 11.0. The number of carbonyl (C=O) groups is 1. The van der Waals surface area contributed by atoms with Crippen LogP contribution in [-0.4, -0.2) is 23.0 Å². The van der Waals surface area contributed by atoms with Crippen molar-refractivity contribution in [3.05, 3.63) is 40.3 Å². The number of hydrogen-bond donors (Lipinski definition) is 1. The molecule has 2 aromatic rings. The summed E-state index contributed by atoms with van der Waals surface area (Å²) in [5.41, 5.74) is 0.117. The highest BCUT2D eigenvalue weighted by Gasteiger charge is 2.14. The second kappa shape index (κ2) is 6.33. The predicted octanol–water partition coefficient (Wildman–Crippen LogP) is 2.39. The van der Waals surface area contributed by atoms with Gasteiger partial charge in [0.25, 0.3) is 12.2 Å². The summed E-state index contributed by atoms with van der Waals surface area (Å²) in [6, 6.07) is 3.74. The summed E-state index contributed by atoms with van der Waals surface area (Å²) >= 11 is 0. The summed E-state index contributed by atoms with van der Waals surface area (Å²) in [6.45, 7) is 2.66. The molecule has 0 spiro atoms. The molecule has 2 rings (SSSR count). The number of rotatable bonds is 3. The van der Waals surface area contributed by atoms with Crippen LogP contribution in [0.25, 0.3) is 10.9 Å². The summed E-state index contributed by atoms with van der Waals surface area (Å²) in [5.74, 6) is -0.598. The Labute approximate surface area is 102 Å². The number of ether oxygens (including phenoxy) is 1. The number of non-ortho nitro benzene ring substituents is 1. The quantitative estimate of drug-likeness (QED) is 0.517. The SMILES string of the molecule is CCOC=O.O=[N+]([O-])c1cc(F)cc2cc[nH]c12. The number of aromatic nitrogens is 1. The van der Waals surface area contributed by atoms with Crippen LogP contribution in [0, 0.1) is 15.9 Å². The van der Waals surface area contributed by atoms with E-state index in [2.05, 4.69) is 9.72 Å². The second-order valence-electron chi connectivity index (χ2n) is 3.18. The minimum absolute atomic E-state index is 0.236. The Bertz CT molecular complexity index is 553. The van der Waals surface area contributed by atoms with Crippen molar-refractivity contribution in [1.82, 2.24) is 4.98 Å². The average molecular weight is 254 g/mol. The van der Waals surface area contributed by atoms with E-state index in [0.717, 1.165) is 6.07 Å². The summed E-state index contributed by atoms with van der Waals surface area (Å²) in [7, 11) is 0. The smallest absolute Gasteiger partial charge is 0.296 e. The molecule has 1 heterocycles. The lowest BCUT2D eigenvalue weighted by atomic mass is 10.2. The Morgan fingerprint density at radius 2 is 2.28 bits per heavy atom. The number of benzene rings is 1. The molecule has 0 aliphatic rings. The Hall–Kier alpha value is -2.44. The van der Waals surface area contributed by atoms with Gasteiger partial charge in [-0.2, -0.15) is 0 Å². The van der Waals surface area contributed by atoms with Gasteiger partial charge in [-0.3, -0.25) is 14.9 Å². The first kappa shape index (κ1) is 13.6. The molecule has 0 radical (unpaired) electrons. The second-order valence-corrected chi connectivity index (χ2v) is 3.18. The number of nitro benzene ring substituents is 1. The van der Waals surface area contributed by atoms with Crippen molar-refractivity contribution in [3.63, 3.8) is 0 Å². The van der Waals surface area contributed by atoms with E-state index in [1.807, 2.05) is 0 Å². The van der Waals surface area contributed by atoms with E-state index in [1.165, 1.54) is 12.3 Å². The lowest BCUT2D eigenvalue weighted by Crippen LogP contribution is -1.90. The highest BCUT2D eigenvalue weighted by atomic mass is 19.1. The third kappa shape index (κ3) is 3.27. The van der Waals surface area contributed by atoms with E-state index in [9.17, 15) is 19.3 Å². The monoisotopic (exact) mass is 254 g/mol. The fraction of sp³-hybridized carbons (Fsp3) is 0.182. The standard InChI is InChI=1S/C8H5FN2O2.C3H6O2/c9-6-3-5-1-2-10-8(5)7(4-6)11(12)13;1-2-5-3-4/h1-4,10H;3H,2H2,1H3. The van der Waals surface area contributed by atoms with Crippen LogP contribution in [-0.2, 0) is 9.53 Å². The molecule has 1 N–H and O–H groups in total. The van der Waals surface area contributed by atoms with Crippen LogP contribution in [0.2, 0.25) is 0 Å². The van der Waals surface area contributed by atoms with Gasteiger partial charge in [0.1, 0.15) is 11.3 Å². The van der Waals surface area contributed by atoms with Crippen LogP contribution in [0.15, 0.2) is 24.4 Å².